The number of nitrogens with one attached hydrogen (secondary N) is 1. The number of benzene rings is 1. The van der Waals surface area contributed by atoms with Gasteiger partial charge in [-0.05, 0) is 23.6 Å². The molecule has 0 fully saturated rings. The number of rotatable bonds is 1. The molecule has 0 aliphatic carbocycles. The van der Waals surface area contributed by atoms with Crippen LogP contribution in [0.5, 0.6) is 0 Å². The molecular weight excluding hydrogens is 272 g/mol. The van der Waals surface area contributed by atoms with Crippen molar-refractivity contribution in [3.8, 4) is 0 Å². The van der Waals surface area contributed by atoms with Crippen molar-refractivity contribution < 1.29 is 13.2 Å². The van der Waals surface area contributed by atoms with E-state index in [4.69, 9.17) is 4.42 Å². The highest BCUT2D eigenvalue weighted by atomic mass is 35.5. The molecule has 0 radical (unpaired) electrons. The molecule has 0 saturated heterocycles. The predicted octanol–water partition coefficient (Wildman–Crippen LogP) is 3.76. The van der Waals surface area contributed by atoms with Crippen LogP contribution < -0.4 is 5.32 Å². The molecule has 1 aliphatic heterocycles. The Labute approximate surface area is 115 Å². The zero-order valence-corrected chi connectivity index (χ0v) is 11.2. The molecule has 19 heavy (non-hydrogen) atoms. The van der Waals surface area contributed by atoms with Crippen molar-refractivity contribution in [1.29, 1.82) is 0 Å². The van der Waals surface area contributed by atoms with Crippen LogP contribution in [0.2, 0.25) is 0 Å². The largest absolute Gasteiger partial charge is 0.464 e. The zero-order valence-electron chi connectivity index (χ0n) is 10.4. The van der Waals surface area contributed by atoms with Crippen LogP contribution in [-0.2, 0) is 0 Å². The number of furan rings is 1. The van der Waals surface area contributed by atoms with E-state index in [9.17, 15) is 8.78 Å². The van der Waals surface area contributed by atoms with Gasteiger partial charge < -0.3 is 9.73 Å². The second-order valence-electron chi connectivity index (χ2n) is 4.60. The van der Waals surface area contributed by atoms with E-state index in [2.05, 4.69) is 5.32 Å². The Morgan fingerprint density at radius 1 is 1.37 bits per heavy atom. The average molecular weight is 286 g/mol. The fourth-order valence-electron chi connectivity index (χ4n) is 2.46. The van der Waals surface area contributed by atoms with Gasteiger partial charge in [-0.3, -0.25) is 0 Å². The molecule has 1 unspecified atom stereocenters. The van der Waals surface area contributed by atoms with Crippen molar-refractivity contribution in [2.24, 2.45) is 5.92 Å². The molecule has 1 aliphatic rings. The summed E-state index contributed by atoms with van der Waals surface area (Å²) in [6.45, 7) is 3.61. The zero-order chi connectivity index (χ0) is 12.7. The lowest BCUT2D eigenvalue weighted by Gasteiger charge is -2.22. The van der Waals surface area contributed by atoms with Gasteiger partial charge in [0.05, 0.1) is 11.6 Å². The molecule has 0 spiro atoms. The van der Waals surface area contributed by atoms with Crippen LogP contribution in [0.4, 0.5) is 8.78 Å². The van der Waals surface area contributed by atoms with Crippen LogP contribution in [0.1, 0.15) is 12.5 Å². The van der Waals surface area contributed by atoms with Gasteiger partial charge in [-0.1, -0.05) is 13.0 Å². The molecule has 5 heteroatoms. The molecule has 2 heterocycles. The Morgan fingerprint density at radius 3 is 2.89 bits per heavy atom. The van der Waals surface area contributed by atoms with Gasteiger partial charge in [-0.15, -0.1) is 12.4 Å². The van der Waals surface area contributed by atoms with Gasteiger partial charge in [0.15, 0.2) is 11.6 Å². The van der Waals surface area contributed by atoms with Crippen LogP contribution in [-0.4, -0.2) is 13.1 Å². The van der Waals surface area contributed by atoms with E-state index < -0.39 is 11.6 Å². The number of hydrogen-bond donors (Lipinski definition) is 1. The van der Waals surface area contributed by atoms with Gasteiger partial charge in [-0.25, -0.2) is 8.78 Å². The van der Waals surface area contributed by atoms with E-state index in [0.29, 0.717) is 11.1 Å². The fraction of sp³-hybridized carbons (Fsp3) is 0.286. The summed E-state index contributed by atoms with van der Waals surface area (Å²) in [4.78, 5) is 0. The van der Waals surface area contributed by atoms with Crippen molar-refractivity contribution in [2.45, 2.75) is 6.92 Å². The van der Waals surface area contributed by atoms with E-state index in [1.165, 1.54) is 18.4 Å². The Hall–Kier alpha value is -1.39. The molecule has 1 atom stereocenters. The Morgan fingerprint density at radius 2 is 2.16 bits per heavy atom. The van der Waals surface area contributed by atoms with Gasteiger partial charge in [0, 0.05) is 18.7 Å². The topological polar surface area (TPSA) is 25.2 Å². The highest BCUT2D eigenvalue weighted by Gasteiger charge is 2.21. The summed E-state index contributed by atoms with van der Waals surface area (Å²) >= 11 is 0. The summed E-state index contributed by atoms with van der Waals surface area (Å²) < 4.78 is 32.5. The third kappa shape index (κ3) is 2.26. The molecule has 3 rings (SSSR count). The second-order valence-corrected chi connectivity index (χ2v) is 4.60. The van der Waals surface area contributed by atoms with Crippen LogP contribution in [0, 0.1) is 17.6 Å². The number of fused-ring (bicyclic) bond motifs is 1. The maximum Gasteiger partial charge on any atom is 0.169 e. The Bertz CT molecular complexity index is 636. The average Bonchev–Trinajstić information content (AvgIpc) is 2.84. The lowest BCUT2D eigenvalue weighted by Crippen LogP contribution is -2.27. The molecule has 1 aromatic carbocycles. The highest BCUT2D eigenvalue weighted by Crippen LogP contribution is 2.34. The van der Waals surface area contributed by atoms with E-state index >= 15 is 0 Å². The van der Waals surface area contributed by atoms with Crippen molar-refractivity contribution >= 4 is 28.9 Å². The lowest BCUT2D eigenvalue weighted by atomic mass is 9.90. The molecule has 0 bridgehead atoms. The molecule has 102 valence electrons. The summed E-state index contributed by atoms with van der Waals surface area (Å²) in [5, 5.41) is 3.43. The summed E-state index contributed by atoms with van der Waals surface area (Å²) in [6.07, 6.45) is 3.39. The quantitative estimate of drug-likeness (QED) is 0.863. The van der Waals surface area contributed by atoms with Crippen molar-refractivity contribution in [2.75, 3.05) is 13.1 Å². The minimum atomic E-state index is -0.843. The minimum Gasteiger partial charge on any atom is -0.464 e. The minimum absolute atomic E-state index is 0. The summed E-state index contributed by atoms with van der Waals surface area (Å²) in [7, 11) is 0. The summed E-state index contributed by atoms with van der Waals surface area (Å²) in [6, 6.07) is 2.69. The van der Waals surface area contributed by atoms with Gasteiger partial charge >= 0.3 is 0 Å². The van der Waals surface area contributed by atoms with Gasteiger partial charge in [0.2, 0.25) is 0 Å². The van der Waals surface area contributed by atoms with Gasteiger partial charge in [0.25, 0.3) is 0 Å². The first-order chi connectivity index (χ1) is 8.68. The Balaban J connectivity index is 0.00000133. The normalized spacial score (nSPS) is 19.1. The number of hydrogen-bond acceptors (Lipinski definition) is 2. The maximum absolute atomic E-state index is 13.6. The maximum atomic E-state index is 13.6. The third-order valence-corrected chi connectivity index (χ3v) is 3.39. The lowest BCUT2D eigenvalue weighted by molar-refractivity contribution is 0.514. The van der Waals surface area contributed by atoms with Crippen molar-refractivity contribution in [3.05, 3.63) is 41.7 Å². The first-order valence-electron chi connectivity index (χ1n) is 5.95. The Kier molecular flexibility index (Phi) is 3.92. The molecule has 2 aromatic rings. The molecule has 0 amide bonds. The van der Waals surface area contributed by atoms with Crippen LogP contribution in [0.3, 0.4) is 0 Å². The van der Waals surface area contributed by atoms with Crippen LogP contribution in [0.15, 0.2) is 28.9 Å². The van der Waals surface area contributed by atoms with E-state index in [1.54, 1.807) is 0 Å². The first-order valence-corrected chi connectivity index (χ1v) is 5.95. The van der Waals surface area contributed by atoms with Gasteiger partial charge in [-0.2, -0.15) is 0 Å². The predicted molar refractivity (Wildman–Crippen MR) is 73.4 cm³/mol. The standard InChI is InChI=1S/C14H13F2NO.ClH/c1-8-7-17-4-2-9(8)11-6-12(15)13(16)10-3-5-18-14(10)11;/h2-3,5-6,8,17H,4,7H2,1H3;1H. The molecular formula is C14H14ClF2NO. The SMILES string of the molecule is CC1CNCC=C1c1cc(F)c(F)c2ccoc12.Cl. The molecule has 1 N–H and O–H groups in total. The highest BCUT2D eigenvalue weighted by molar-refractivity contribution is 5.91. The number of halogens is 3. The first kappa shape index (κ1) is 14.0. The van der Waals surface area contributed by atoms with Gasteiger partial charge in [0.1, 0.15) is 5.58 Å². The third-order valence-electron chi connectivity index (χ3n) is 3.39. The van der Waals surface area contributed by atoms with E-state index in [0.717, 1.165) is 18.7 Å². The fourth-order valence-corrected chi connectivity index (χ4v) is 2.46. The summed E-state index contributed by atoms with van der Waals surface area (Å²) in [5.74, 6) is -1.42. The summed E-state index contributed by atoms with van der Waals surface area (Å²) in [5.41, 5.74) is 2.09. The molecule has 2 nitrogen and oxygen atoms in total. The van der Waals surface area contributed by atoms with E-state index in [1.807, 2.05) is 13.0 Å². The second kappa shape index (κ2) is 5.31. The molecule has 0 saturated carbocycles. The van der Waals surface area contributed by atoms with Crippen molar-refractivity contribution in [3.63, 3.8) is 0 Å². The monoisotopic (exact) mass is 285 g/mol. The smallest absolute Gasteiger partial charge is 0.169 e. The van der Waals surface area contributed by atoms with Crippen LogP contribution >= 0.6 is 12.4 Å². The van der Waals surface area contributed by atoms with Crippen LogP contribution in [0.25, 0.3) is 16.5 Å². The molecule has 1 aromatic heterocycles. The van der Waals surface area contributed by atoms with E-state index in [-0.39, 0.29) is 23.7 Å². The van der Waals surface area contributed by atoms with Crippen molar-refractivity contribution in [1.82, 2.24) is 5.32 Å².